The highest BCUT2D eigenvalue weighted by Gasteiger charge is 2.34. The van der Waals surface area contributed by atoms with Gasteiger partial charge in [-0.05, 0) is 0 Å². The molecule has 98 valence electrons. The first-order chi connectivity index (χ1) is 8.40. The predicted octanol–water partition coefficient (Wildman–Crippen LogP) is 0.0675. The number of nitro groups is 1. The second kappa shape index (κ2) is 4.63. The van der Waals surface area contributed by atoms with Gasteiger partial charge >= 0.3 is 0 Å². The van der Waals surface area contributed by atoms with Crippen LogP contribution in [0.4, 0.5) is 5.69 Å². The maximum absolute atomic E-state index is 12.0. The Morgan fingerprint density at radius 2 is 2.00 bits per heavy atom. The van der Waals surface area contributed by atoms with Gasteiger partial charge in [0.05, 0.1) is 10.7 Å². The van der Waals surface area contributed by atoms with E-state index >= 15 is 0 Å². The summed E-state index contributed by atoms with van der Waals surface area (Å²) in [4.78, 5) is 10.2. The van der Waals surface area contributed by atoms with Gasteiger partial charge < -0.3 is 5.73 Å². The van der Waals surface area contributed by atoms with Crippen molar-refractivity contribution in [1.82, 2.24) is 4.31 Å². The number of nitrogens with two attached hydrogens (primary N) is 1. The monoisotopic (exact) mass is 271 g/mol. The number of sulfonamides is 1. The van der Waals surface area contributed by atoms with Crippen molar-refractivity contribution in [3.8, 4) is 0 Å². The molecule has 0 unspecified atom stereocenters. The van der Waals surface area contributed by atoms with Gasteiger partial charge in [-0.15, -0.1) is 0 Å². The number of hydrogen-bond donors (Lipinski definition) is 1. The lowest BCUT2D eigenvalue weighted by atomic mass is 10.2. The second-order valence-corrected chi connectivity index (χ2v) is 6.19. The molecular weight excluding hydrogens is 258 g/mol. The lowest BCUT2D eigenvalue weighted by Gasteiger charge is -2.35. The van der Waals surface area contributed by atoms with Crippen LogP contribution in [0.3, 0.4) is 0 Å². The summed E-state index contributed by atoms with van der Waals surface area (Å²) in [6.07, 6.45) is 0. The zero-order valence-corrected chi connectivity index (χ0v) is 10.3. The molecule has 1 aromatic carbocycles. The fourth-order valence-corrected chi connectivity index (χ4v) is 3.45. The van der Waals surface area contributed by atoms with Gasteiger partial charge in [0.1, 0.15) is 0 Å². The maximum atomic E-state index is 12.0. The van der Waals surface area contributed by atoms with E-state index in [1.165, 1.54) is 22.5 Å². The van der Waals surface area contributed by atoms with Crippen molar-refractivity contribution in [2.45, 2.75) is 11.8 Å². The Bertz CT molecular complexity index is 566. The topological polar surface area (TPSA) is 107 Å². The third-order valence-corrected chi connectivity index (χ3v) is 4.56. The van der Waals surface area contributed by atoms with Crippen LogP contribution in [0.1, 0.15) is 5.56 Å². The van der Waals surface area contributed by atoms with Gasteiger partial charge in [0, 0.05) is 30.8 Å². The summed E-state index contributed by atoms with van der Waals surface area (Å²) >= 11 is 0. The smallest absolute Gasteiger partial charge is 0.273 e. The lowest BCUT2D eigenvalue weighted by molar-refractivity contribution is -0.385. The minimum Gasteiger partial charge on any atom is -0.325 e. The third kappa shape index (κ3) is 2.50. The molecule has 0 saturated carbocycles. The molecule has 7 nitrogen and oxygen atoms in total. The van der Waals surface area contributed by atoms with Gasteiger partial charge in [0.15, 0.2) is 0 Å². The zero-order valence-electron chi connectivity index (χ0n) is 9.52. The van der Waals surface area contributed by atoms with Gasteiger partial charge in [-0.25, -0.2) is 8.42 Å². The molecule has 1 saturated heterocycles. The highest BCUT2D eigenvalue weighted by Crippen LogP contribution is 2.23. The molecule has 2 rings (SSSR count). The fraction of sp³-hybridized carbons (Fsp3) is 0.400. The van der Waals surface area contributed by atoms with Crippen molar-refractivity contribution >= 4 is 15.7 Å². The highest BCUT2D eigenvalue weighted by molar-refractivity contribution is 7.88. The van der Waals surface area contributed by atoms with Gasteiger partial charge in [-0.3, -0.25) is 10.1 Å². The Morgan fingerprint density at radius 3 is 2.56 bits per heavy atom. The van der Waals surface area contributed by atoms with Crippen LogP contribution in [-0.2, 0) is 15.8 Å². The van der Waals surface area contributed by atoms with Crippen molar-refractivity contribution < 1.29 is 13.3 Å². The van der Waals surface area contributed by atoms with E-state index in [1.54, 1.807) is 6.07 Å². The van der Waals surface area contributed by atoms with E-state index in [1.807, 2.05) is 0 Å². The first-order valence-electron chi connectivity index (χ1n) is 5.36. The normalized spacial score (nSPS) is 17.4. The van der Waals surface area contributed by atoms with Crippen molar-refractivity contribution in [1.29, 1.82) is 0 Å². The van der Waals surface area contributed by atoms with E-state index < -0.39 is 14.9 Å². The summed E-state index contributed by atoms with van der Waals surface area (Å²) in [7, 11) is -3.52. The van der Waals surface area contributed by atoms with Gasteiger partial charge in [-0.1, -0.05) is 18.2 Å². The van der Waals surface area contributed by atoms with Crippen LogP contribution >= 0.6 is 0 Å². The van der Waals surface area contributed by atoms with E-state index in [9.17, 15) is 18.5 Å². The Morgan fingerprint density at radius 1 is 1.39 bits per heavy atom. The minimum atomic E-state index is -3.52. The Balaban J connectivity index is 2.21. The Labute approximate surface area is 104 Å². The van der Waals surface area contributed by atoms with Crippen LogP contribution < -0.4 is 5.73 Å². The number of nitrogens with zero attached hydrogens (tertiary/aromatic N) is 2. The van der Waals surface area contributed by atoms with Gasteiger partial charge in [-0.2, -0.15) is 4.31 Å². The number of nitro benzene ring substituents is 1. The largest absolute Gasteiger partial charge is 0.325 e. The van der Waals surface area contributed by atoms with E-state index in [-0.39, 0.29) is 36.1 Å². The summed E-state index contributed by atoms with van der Waals surface area (Å²) in [5.74, 6) is -0.364. The molecule has 0 radical (unpaired) electrons. The Kier molecular flexibility index (Phi) is 3.33. The lowest BCUT2D eigenvalue weighted by Crippen LogP contribution is -2.57. The van der Waals surface area contributed by atoms with Crippen molar-refractivity contribution in [3.63, 3.8) is 0 Å². The molecule has 18 heavy (non-hydrogen) atoms. The summed E-state index contributed by atoms with van der Waals surface area (Å²) in [5.41, 5.74) is 5.54. The standard InChI is InChI=1S/C10H13N3O4S/c11-9-5-12(6-9)18(16,17)7-8-3-1-2-4-10(8)13(14)15/h1-4,9H,5-7,11H2. The molecular formula is C10H13N3O4S. The zero-order chi connectivity index (χ0) is 13.3. The Hall–Kier alpha value is -1.51. The predicted molar refractivity (Wildman–Crippen MR) is 65.3 cm³/mol. The molecule has 0 aliphatic carbocycles. The fourth-order valence-electron chi connectivity index (χ4n) is 1.80. The second-order valence-electron chi connectivity index (χ2n) is 4.22. The van der Waals surface area contributed by atoms with Crippen molar-refractivity contribution in [2.75, 3.05) is 13.1 Å². The average molecular weight is 271 g/mol. The molecule has 0 aromatic heterocycles. The molecule has 1 aliphatic heterocycles. The van der Waals surface area contributed by atoms with Crippen molar-refractivity contribution in [3.05, 3.63) is 39.9 Å². The third-order valence-electron chi connectivity index (χ3n) is 2.80. The summed E-state index contributed by atoms with van der Waals surface area (Å²) in [6, 6.07) is 5.71. The number of benzene rings is 1. The molecule has 2 N–H and O–H groups in total. The number of para-hydroxylation sites is 1. The molecule has 1 heterocycles. The molecule has 1 aromatic rings. The van der Waals surface area contributed by atoms with Crippen LogP contribution in [-0.4, -0.2) is 36.8 Å². The first kappa shape index (κ1) is 12.9. The van der Waals surface area contributed by atoms with Gasteiger partial charge in [0.2, 0.25) is 10.0 Å². The highest BCUT2D eigenvalue weighted by atomic mass is 32.2. The molecule has 0 spiro atoms. The molecule has 0 bridgehead atoms. The van der Waals surface area contributed by atoms with E-state index in [0.717, 1.165) is 0 Å². The summed E-state index contributed by atoms with van der Waals surface area (Å²) < 4.78 is 25.1. The quantitative estimate of drug-likeness (QED) is 0.616. The van der Waals surface area contributed by atoms with E-state index in [4.69, 9.17) is 5.73 Å². The van der Waals surface area contributed by atoms with Crippen LogP contribution in [0.25, 0.3) is 0 Å². The van der Waals surface area contributed by atoms with Crippen LogP contribution in [0.2, 0.25) is 0 Å². The number of hydrogen-bond acceptors (Lipinski definition) is 5. The number of rotatable bonds is 4. The van der Waals surface area contributed by atoms with Crippen molar-refractivity contribution in [2.24, 2.45) is 5.73 Å². The molecule has 0 amide bonds. The summed E-state index contributed by atoms with van der Waals surface area (Å²) in [5, 5.41) is 10.8. The summed E-state index contributed by atoms with van der Waals surface area (Å²) in [6.45, 7) is 0.561. The SMILES string of the molecule is NC1CN(S(=O)(=O)Cc2ccccc2[N+](=O)[O-])C1. The van der Waals surface area contributed by atoms with Crippen LogP contribution in [0.15, 0.2) is 24.3 Å². The average Bonchev–Trinajstić information content (AvgIpc) is 2.24. The first-order valence-corrected chi connectivity index (χ1v) is 6.97. The molecule has 0 atom stereocenters. The van der Waals surface area contributed by atoms with Gasteiger partial charge in [0.25, 0.3) is 5.69 Å². The van der Waals surface area contributed by atoms with E-state index in [0.29, 0.717) is 0 Å². The molecule has 8 heteroatoms. The molecule has 1 fully saturated rings. The molecule has 1 aliphatic rings. The van der Waals surface area contributed by atoms with Crippen LogP contribution in [0.5, 0.6) is 0 Å². The minimum absolute atomic E-state index is 0.134. The van der Waals surface area contributed by atoms with E-state index in [2.05, 4.69) is 0 Å². The van der Waals surface area contributed by atoms with Crippen LogP contribution in [0, 0.1) is 10.1 Å². The maximum Gasteiger partial charge on any atom is 0.273 e.